The molecule has 0 spiro atoms. The molecule has 0 saturated carbocycles. The number of hydrogen-bond donors (Lipinski definition) is 2. The van der Waals surface area contributed by atoms with Crippen molar-refractivity contribution in [3.63, 3.8) is 0 Å². The maximum Gasteiger partial charge on any atom is 0.303 e. The number of ether oxygens (including phenoxy) is 1. The Hall–Kier alpha value is -1.88. The molecule has 5 heteroatoms. The van der Waals surface area contributed by atoms with Crippen molar-refractivity contribution in [1.29, 1.82) is 0 Å². The summed E-state index contributed by atoms with van der Waals surface area (Å²) < 4.78 is 4.99. The van der Waals surface area contributed by atoms with Crippen molar-refractivity contribution in [3.05, 3.63) is 35.4 Å². The molecule has 1 amide bonds. The molecule has 0 bridgehead atoms. The van der Waals surface area contributed by atoms with E-state index in [0.29, 0.717) is 25.1 Å². The molecule has 1 rings (SSSR count). The lowest BCUT2D eigenvalue weighted by Gasteiger charge is -2.06. The van der Waals surface area contributed by atoms with Gasteiger partial charge in [-0.3, -0.25) is 9.59 Å². The number of rotatable bonds is 7. The monoisotopic (exact) mass is 251 g/mol. The zero-order valence-corrected chi connectivity index (χ0v) is 10.3. The molecule has 2 N–H and O–H groups in total. The summed E-state index contributed by atoms with van der Waals surface area (Å²) in [5.41, 5.74) is 1.48. The maximum atomic E-state index is 11.7. The van der Waals surface area contributed by atoms with E-state index in [2.05, 4.69) is 5.32 Å². The second kappa shape index (κ2) is 7.45. The molecule has 1 aromatic rings. The molecular formula is C13H17NO4. The normalized spacial score (nSPS) is 10.1. The molecular weight excluding hydrogens is 234 g/mol. The van der Waals surface area contributed by atoms with Crippen molar-refractivity contribution < 1.29 is 19.4 Å². The van der Waals surface area contributed by atoms with Crippen LogP contribution in [0, 0.1) is 0 Å². The molecule has 0 atom stereocenters. The van der Waals surface area contributed by atoms with Crippen LogP contribution < -0.4 is 5.32 Å². The van der Waals surface area contributed by atoms with Crippen molar-refractivity contribution in [2.45, 2.75) is 19.4 Å². The van der Waals surface area contributed by atoms with Crippen LogP contribution >= 0.6 is 0 Å². The molecule has 0 fully saturated rings. The highest BCUT2D eigenvalue weighted by molar-refractivity contribution is 5.94. The third kappa shape index (κ3) is 4.97. The fraction of sp³-hybridized carbons (Fsp3) is 0.385. The van der Waals surface area contributed by atoms with E-state index in [0.717, 1.165) is 5.56 Å². The smallest absolute Gasteiger partial charge is 0.303 e. The van der Waals surface area contributed by atoms with Crippen LogP contribution in [-0.2, 0) is 16.1 Å². The number of amides is 1. The molecule has 0 unspecified atom stereocenters. The lowest BCUT2D eigenvalue weighted by molar-refractivity contribution is -0.137. The summed E-state index contributed by atoms with van der Waals surface area (Å²) in [6.45, 7) is 0.819. The Labute approximate surface area is 106 Å². The second-order valence-electron chi connectivity index (χ2n) is 3.89. The molecule has 0 aromatic heterocycles. The van der Waals surface area contributed by atoms with E-state index in [1.807, 2.05) is 6.07 Å². The summed E-state index contributed by atoms with van der Waals surface area (Å²) in [5, 5.41) is 11.1. The van der Waals surface area contributed by atoms with Gasteiger partial charge in [0.15, 0.2) is 0 Å². The number of carbonyl (C=O) groups is 2. The molecule has 0 aliphatic heterocycles. The largest absolute Gasteiger partial charge is 0.481 e. The van der Waals surface area contributed by atoms with Gasteiger partial charge in [-0.1, -0.05) is 12.1 Å². The van der Waals surface area contributed by atoms with E-state index < -0.39 is 5.97 Å². The number of hydrogen-bond acceptors (Lipinski definition) is 3. The van der Waals surface area contributed by atoms with Crippen molar-refractivity contribution in [1.82, 2.24) is 5.32 Å². The Balaban J connectivity index is 2.45. The summed E-state index contributed by atoms with van der Waals surface area (Å²) >= 11 is 0. The molecule has 0 radical (unpaired) electrons. The summed E-state index contributed by atoms with van der Waals surface area (Å²) in [5.74, 6) is -1.05. The number of aliphatic carboxylic acids is 1. The Bertz CT molecular complexity index is 417. The molecule has 1 aromatic carbocycles. The highest BCUT2D eigenvalue weighted by Gasteiger charge is 2.06. The van der Waals surface area contributed by atoms with Gasteiger partial charge in [0, 0.05) is 25.6 Å². The first-order chi connectivity index (χ1) is 8.63. The third-order valence-electron chi connectivity index (χ3n) is 2.35. The summed E-state index contributed by atoms with van der Waals surface area (Å²) in [6, 6.07) is 7.15. The van der Waals surface area contributed by atoms with Crippen molar-refractivity contribution in [2.24, 2.45) is 0 Å². The van der Waals surface area contributed by atoms with E-state index in [4.69, 9.17) is 9.84 Å². The maximum absolute atomic E-state index is 11.7. The van der Waals surface area contributed by atoms with Crippen LogP contribution in [0.3, 0.4) is 0 Å². The fourth-order valence-corrected chi connectivity index (χ4v) is 1.51. The summed E-state index contributed by atoms with van der Waals surface area (Å²) in [7, 11) is 1.60. The Kier molecular flexibility index (Phi) is 5.87. The fourth-order valence-electron chi connectivity index (χ4n) is 1.51. The molecule has 0 saturated heterocycles. The van der Waals surface area contributed by atoms with Gasteiger partial charge in [0.05, 0.1) is 6.61 Å². The number of nitrogens with one attached hydrogen (secondary N) is 1. The van der Waals surface area contributed by atoms with Crippen LogP contribution in [-0.4, -0.2) is 30.6 Å². The van der Waals surface area contributed by atoms with Crippen molar-refractivity contribution in [3.8, 4) is 0 Å². The second-order valence-corrected chi connectivity index (χ2v) is 3.89. The van der Waals surface area contributed by atoms with Crippen LogP contribution in [0.5, 0.6) is 0 Å². The zero-order valence-electron chi connectivity index (χ0n) is 10.3. The predicted molar refractivity (Wildman–Crippen MR) is 66.4 cm³/mol. The van der Waals surface area contributed by atoms with Crippen LogP contribution in [0.2, 0.25) is 0 Å². The summed E-state index contributed by atoms with van der Waals surface area (Å²) in [6.07, 6.45) is 0.489. The molecule has 18 heavy (non-hydrogen) atoms. The minimum atomic E-state index is -0.855. The van der Waals surface area contributed by atoms with Gasteiger partial charge in [-0.2, -0.15) is 0 Å². The minimum absolute atomic E-state index is 0.0595. The number of carboxylic acid groups (broad SMARTS) is 1. The van der Waals surface area contributed by atoms with Gasteiger partial charge in [-0.15, -0.1) is 0 Å². The summed E-state index contributed by atoms with van der Waals surface area (Å²) in [4.78, 5) is 22.1. The van der Waals surface area contributed by atoms with Gasteiger partial charge in [0.25, 0.3) is 5.91 Å². The van der Waals surface area contributed by atoms with Gasteiger partial charge in [0.1, 0.15) is 0 Å². The van der Waals surface area contributed by atoms with E-state index in [1.165, 1.54) is 0 Å². The predicted octanol–water partition coefficient (Wildman–Crippen LogP) is 1.43. The van der Waals surface area contributed by atoms with E-state index in [1.54, 1.807) is 25.3 Å². The standard InChI is InChI=1S/C13H17NO4/c1-18-9-10-4-2-5-11(8-10)13(17)14-7-3-6-12(15)16/h2,4-5,8H,3,6-7,9H2,1H3,(H,14,17)(H,15,16). The lowest BCUT2D eigenvalue weighted by atomic mass is 10.1. The van der Waals surface area contributed by atoms with Gasteiger partial charge in [-0.25, -0.2) is 0 Å². The Morgan fingerprint density at radius 3 is 2.83 bits per heavy atom. The zero-order chi connectivity index (χ0) is 13.4. The highest BCUT2D eigenvalue weighted by Crippen LogP contribution is 2.06. The van der Waals surface area contributed by atoms with Crippen molar-refractivity contribution in [2.75, 3.05) is 13.7 Å². The molecule has 0 aliphatic rings. The number of methoxy groups -OCH3 is 1. The van der Waals surface area contributed by atoms with Crippen molar-refractivity contribution >= 4 is 11.9 Å². The molecule has 5 nitrogen and oxygen atoms in total. The lowest BCUT2D eigenvalue weighted by Crippen LogP contribution is -2.24. The third-order valence-corrected chi connectivity index (χ3v) is 2.35. The van der Waals surface area contributed by atoms with Gasteiger partial charge in [0.2, 0.25) is 0 Å². The number of benzene rings is 1. The van der Waals surface area contributed by atoms with E-state index >= 15 is 0 Å². The van der Waals surface area contributed by atoms with E-state index in [-0.39, 0.29) is 12.3 Å². The first-order valence-corrected chi connectivity index (χ1v) is 5.71. The number of carbonyl (C=O) groups excluding carboxylic acids is 1. The number of carboxylic acids is 1. The van der Waals surface area contributed by atoms with Gasteiger partial charge >= 0.3 is 5.97 Å². The first kappa shape index (κ1) is 14.2. The SMILES string of the molecule is COCc1cccc(C(=O)NCCCC(=O)O)c1. The topological polar surface area (TPSA) is 75.6 Å². The Morgan fingerprint density at radius 1 is 1.39 bits per heavy atom. The molecule has 0 heterocycles. The van der Waals surface area contributed by atoms with Gasteiger partial charge < -0.3 is 15.2 Å². The average molecular weight is 251 g/mol. The van der Waals surface area contributed by atoms with Crippen LogP contribution in [0.15, 0.2) is 24.3 Å². The quantitative estimate of drug-likeness (QED) is 0.719. The minimum Gasteiger partial charge on any atom is -0.481 e. The van der Waals surface area contributed by atoms with Crippen LogP contribution in [0.4, 0.5) is 0 Å². The van der Waals surface area contributed by atoms with E-state index in [9.17, 15) is 9.59 Å². The Morgan fingerprint density at radius 2 is 2.17 bits per heavy atom. The average Bonchev–Trinajstić information content (AvgIpc) is 2.35. The van der Waals surface area contributed by atoms with Gasteiger partial charge in [-0.05, 0) is 24.1 Å². The van der Waals surface area contributed by atoms with Crippen LogP contribution in [0.1, 0.15) is 28.8 Å². The molecule has 0 aliphatic carbocycles. The van der Waals surface area contributed by atoms with Crippen LogP contribution in [0.25, 0.3) is 0 Å². The molecule has 98 valence electrons. The highest BCUT2D eigenvalue weighted by atomic mass is 16.5. The first-order valence-electron chi connectivity index (χ1n) is 5.71.